The maximum Gasteiger partial charge on any atom is 0.258 e. The predicted molar refractivity (Wildman–Crippen MR) is 46.7 cm³/mol. The molecule has 0 radical (unpaired) electrons. The van der Waals surface area contributed by atoms with E-state index in [-0.39, 0.29) is 18.5 Å². The zero-order valence-corrected chi connectivity index (χ0v) is 7.87. The summed E-state index contributed by atoms with van der Waals surface area (Å²) in [4.78, 5) is 23.8. The Morgan fingerprint density at radius 3 is 2.69 bits per heavy atom. The molecule has 1 heterocycles. The number of rotatable bonds is 4. The number of ether oxygens (including phenoxy) is 1. The van der Waals surface area contributed by atoms with Crippen LogP contribution in [-0.2, 0) is 14.3 Å². The van der Waals surface area contributed by atoms with Crippen LogP contribution >= 0.6 is 0 Å². The third kappa shape index (κ3) is 1.95. The van der Waals surface area contributed by atoms with Crippen LogP contribution in [0.4, 0.5) is 0 Å². The van der Waals surface area contributed by atoms with Gasteiger partial charge in [0, 0.05) is 18.8 Å². The van der Waals surface area contributed by atoms with Crippen molar-refractivity contribution in [3.63, 3.8) is 0 Å². The summed E-state index contributed by atoms with van der Waals surface area (Å²) in [5.41, 5.74) is 0.588. The second-order valence-corrected chi connectivity index (χ2v) is 2.91. The molecule has 0 saturated carbocycles. The normalized spacial score (nSPS) is 16.8. The summed E-state index contributed by atoms with van der Waals surface area (Å²) in [5.74, 6) is -0.482. The maximum absolute atomic E-state index is 11.5. The van der Waals surface area contributed by atoms with E-state index in [0.717, 1.165) is 11.3 Å². The van der Waals surface area contributed by atoms with Gasteiger partial charge >= 0.3 is 0 Å². The van der Waals surface area contributed by atoms with Crippen LogP contribution < -0.4 is 0 Å². The van der Waals surface area contributed by atoms with Gasteiger partial charge in [-0.2, -0.15) is 0 Å². The molecule has 13 heavy (non-hydrogen) atoms. The van der Waals surface area contributed by atoms with E-state index in [1.165, 1.54) is 13.2 Å². The molecule has 0 N–H and O–H groups in total. The van der Waals surface area contributed by atoms with E-state index < -0.39 is 0 Å². The molecule has 1 rings (SSSR count). The average Bonchev–Trinajstić information content (AvgIpc) is 2.34. The van der Waals surface area contributed by atoms with E-state index in [2.05, 4.69) is 0 Å². The van der Waals surface area contributed by atoms with E-state index in [1.54, 1.807) is 0 Å². The Kier molecular flexibility index (Phi) is 3.19. The molecule has 0 saturated heterocycles. The Morgan fingerprint density at radius 1 is 1.46 bits per heavy atom. The number of hydrogen-bond acceptors (Lipinski definition) is 3. The number of carbonyl (C=O) groups excluding carboxylic acids is 2. The van der Waals surface area contributed by atoms with Gasteiger partial charge in [-0.3, -0.25) is 14.5 Å². The molecule has 0 aromatic rings. The van der Waals surface area contributed by atoms with Crippen molar-refractivity contribution >= 4 is 11.8 Å². The van der Waals surface area contributed by atoms with Crippen LogP contribution in [0.2, 0.25) is 0 Å². The lowest BCUT2D eigenvalue weighted by atomic mass is 10.1. The van der Waals surface area contributed by atoms with E-state index in [9.17, 15) is 9.59 Å². The minimum absolute atomic E-state index is 0.0430. The monoisotopic (exact) mass is 183 g/mol. The van der Waals surface area contributed by atoms with Crippen LogP contribution in [0.25, 0.3) is 0 Å². The third-order valence-electron chi connectivity index (χ3n) is 1.86. The van der Waals surface area contributed by atoms with Crippen molar-refractivity contribution in [2.75, 3.05) is 13.8 Å². The molecule has 0 aliphatic carbocycles. The second-order valence-electron chi connectivity index (χ2n) is 2.91. The molecule has 1 aliphatic heterocycles. The quantitative estimate of drug-likeness (QED) is 0.602. The van der Waals surface area contributed by atoms with Gasteiger partial charge in [-0.05, 0) is 6.42 Å². The lowest BCUT2D eigenvalue weighted by molar-refractivity contribution is -0.142. The fourth-order valence-corrected chi connectivity index (χ4v) is 1.26. The van der Waals surface area contributed by atoms with Gasteiger partial charge < -0.3 is 4.74 Å². The Bertz CT molecular complexity index is 258. The van der Waals surface area contributed by atoms with Crippen LogP contribution in [0.1, 0.15) is 19.8 Å². The van der Waals surface area contributed by atoms with Crippen molar-refractivity contribution in [3.05, 3.63) is 11.6 Å². The summed E-state index contributed by atoms with van der Waals surface area (Å²) in [7, 11) is 1.46. The molecule has 0 fully saturated rings. The summed E-state index contributed by atoms with van der Waals surface area (Å²) in [6, 6.07) is 0. The van der Waals surface area contributed by atoms with Crippen molar-refractivity contribution in [3.8, 4) is 0 Å². The first-order valence-electron chi connectivity index (χ1n) is 4.26. The highest BCUT2D eigenvalue weighted by Crippen LogP contribution is 2.16. The SMILES string of the molecule is CCCC1=CC(=O)N(COC)C1=O. The van der Waals surface area contributed by atoms with Gasteiger partial charge in [0.05, 0.1) is 0 Å². The Morgan fingerprint density at radius 2 is 2.15 bits per heavy atom. The molecule has 4 nitrogen and oxygen atoms in total. The minimum atomic E-state index is -0.268. The van der Waals surface area contributed by atoms with Gasteiger partial charge in [0.25, 0.3) is 11.8 Å². The van der Waals surface area contributed by atoms with Crippen LogP contribution in [0.3, 0.4) is 0 Å². The van der Waals surface area contributed by atoms with E-state index in [4.69, 9.17) is 4.74 Å². The standard InChI is InChI=1S/C9H13NO3/c1-3-4-7-5-8(11)10(6-13-2)9(7)12/h5H,3-4,6H2,1-2H3. The molecule has 0 atom stereocenters. The Hall–Kier alpha value is -1.16. The highest BCUT2D eigenvalue weighted by molar-refractivity contribution is 6.16. The first-order chi connectivity index (χ1) is 6.20. The number of imide groups is 1. The Labute approximate surface area is 77.2 Å². The first-order valence-corrected chi connectivity index (χ1v) is 4.26. The number of hydrogen-bond donors (Lipinski definition) is 0. The van der Waals surface area contributed by atoms with Crippen molar-refractivity contribution in [2.45, 2.75) is 19.8 Å². The maximum atomic E-state index is 11.5. The van der Waals surface area contributed by atoms with Gasteiger partial charge in [0.1, 0.15) is 6.73 Å². The first kappa shape index (κ1) is 9.92. The number of methoxy groups -OCH3 is 1. The van der Waals surface area contributed by atoms with Crippen molar-refractivity contribution in [1.82, 2.24) is 4.90 Å². The molecular weight excluding hydrogens is 170 g/mol. The number of amides is 2. The van der Waals surface area contributed by atoms with E-state index >= 15 is 0 Å². The topological polar surface area (TPSA) is 46.6 Å². The van der Waals surface area contributed by atoms with E-state index in [1.807, 2.05) is 6.92 Å². The molecular formula is C9H13NO3. The Balaban J connectivity index is 2.68. The molecule has 4 heteroatoms. The second kappa shape index (κ2) is 4.18. The summed E-state index contributed by atoms with van der Waals surface area (Å²) < 4.78 is 4.74. The van der Waals surface area contributed by atoms with Gasteiger partial charge in [-0.1, -0.05) is 13.3 Å². The molecule has 2 amide bonds. The van der Waals surface area contributed by atoms with Gasteiger partial charge in [-0.25, -0.2) is 0 Å². The van der Waals surface area contributed by atoms with Crippen molar-refractivity contribution in [1.29, 1.82) is 0 Å². The van der Waals surface area contributed by atoms with E-state index in [0.29, 0.717) is 12.0 Å². The summed E-state index contributed by atoms with van der Waals surface area (Å²) >= 11 is 0. The average molecular weight is 183 g/mol. The fraction of sp³-hybridized carbons (Fsp3) is 0.556. The van der Waals surface area contributed by atoms with Crippen LogP contribution in [0.15, 0.2) is 11.6 Å². The molecule has 1 aliphatic rings. The lowest BCUT2D eigenvalue weighted by Crippen LogP contribution is -2.32. The summed E-state index contributed by atoms with van der Waals surface area (Å²) in [6.07, 6.45) is 2.92. The molecule has 0 spiro atoms. The molecule has 0 bridgehead atoms. The minimum Gasteiger partial charge on any atom is -0.364 e. The molecule has 0 unspecified atom stereocenters. The van der Waals surface area contributed by atoms with Crippen LogP contribution in [0.5, 0.6) is 0 Å². The van der Waals surface area contributed by atoms with Crippen molar-refractivity contribution in [2.24, 2.45) is 0 Å². The fourth-order valence-electron chi connectivity index (χ4n) is 1.26. The van der Waals surface area contributed by atoms with Gasteiger partial charge in [-0.15, -0.1) is 0 Å². The highest BCUT2D eigenvalue weighted by Gasteiger charge is 2.29. The van der Waals surface area contributed by atoms with Crippen LogP contribution in [-0.4, -0.2) is 30.6 Å². The number of nitrogens with zero attached hydrogens (tertiary/aromatic N) is 1. The summed E-state index contributed by atoms with van der Waals surface area (Å²) in [6.45, 7) is 2.01. The summed E-state index contributed by atoms with van der Waals surface area (Å²) in [5, 5.41) is 0. The molecule has 0 aromatic carbocycles. The highest BCUT2D eigenvalue weighted by atomic mass is 16.5. The van der Waals surface area contributed by atoms with Crippen molar-refractivity contribution < 1.29 is 14.3 Å². The lowest BCUT2D eigenvalue weighted by Gasteiger charge is -2.12. The largest absolute Gasteiger partial charge is 0.364 e. The third-order valence-corrected chi connectivity index (χ3v) is 1.86. The predicted octanol–water partition coefficient (Wildman–Crippen LogP) is 0.686. The molecule has 0 aromatic heterocycles. The smallest absolute Gasteiger partial charge is 0.258 e. The zero-order valence-electron chi connectivity index (χ0n) is 7.87. The number of carbonyl (C=O) groups is 2. The van der Waals surface area contributed by atoms with Gasteiger partial charge in [0.2, 0.25) is 0 Å². The van der Waals surface area contributed by atoms with Gasteiger partial charge in [0.15, 0.2) is 0 Å². The molecule has 72 valence electrons. The zero-order chi connectivity index (χ0) is 9.84. The van der Waals surface area contributed by atoms with Crippen LogP contribution in [0, 0.1) is 0 Å².